The van der Waals surface area contributed by atoms with Crippen molar-refractivity contribution in [1.82, 2.24) is 10.8 Å². The normalized spacial score (nSPS) is 11.7. The molecule has 0 radical (unpaired) electrons. The summed E-state index contributed by atoms with van der Waals surface area (Å²) < 4.78 is 0. The fourth-order valence-corrected chi connectivity index (χ4v) is 2.34. The third-order valence-corrected chi connectivity index (χ3v) is 3.95. The van der Waals surface area contributed by atoms with Crippen molar-refractivity contribution in [3.8, 4) is 11.8 Å². The van der Waals surface area contributed by atoms with Crippen LogP contribution in [0, 0.1) is 11.8 Å². The SMILES string of the molecule is C.CC(=O)c1ccc(C#Cc2ccc(C(=O)N[C@H](C(=O)NO)[C@@H](C)O)cc2)cc1. The third-order valence-electron chi connectivity index (χ3n) is 3.95. The minimum atomic E-state index is -1.28. The van der Waals surface area contributed by atoms with E-state index in [2.05, 4.69) is 17.2 Å². The van der Waals surface area contributed by atoms with Gasteiger partial charge in [0.15, 0.2) is 5.78 Å². The van der Waals surface area contributed by atoms with Crippen molar-refractivity contribution in [2.45, 2.75) is 33.4 Å². The van der Waals surface area contributed by atoms with E-state index < -0.39 is 24.0 Å². The van der Waals surface area contributed by atoms with Gasteiger partial charge in [-0.05, 0) is 50.2 Å². The number of aliphatic hydroxyl groups excluding tert-OH is 1. The standard InChI is InChI=1S/C21H20N2O5.CH4/c1-13(24)17-9-5-15(6-10-17)3-4-16-7-11-18(12-8-16)20(26)22-19(14(2)25)21(27)23-28;/h5-12,14,19,25,28H,1-2H3,(H,22,26)(H,23,27);1H4/t14-,19+;/m1./s1. The second-order valence-corrected chi connectivity index (χ2v) is 6.13. The monoisotopic (exact) mass is 396 g/mol. The highest BCUT2D eigenvalue weighted by atomic mass is 16.5. The summed E-state index contributed by atoms with van der Waals surface area (Å²) in [5.41, 5.74) is 3.72. The highest BCUT2D eigenvalue weighted by Gasteiger charge is 2.25. The molecule has 0 aliphatic carbocycles. The zero-order valence-electron chi connectivity index (χ0n) is 15.4. The van der Waals surface area contributed by atoms with Crippen LogP contribution in [0.4, 0.5) is 0 Å². The van der Waals surface area contributed by atoms with Crippen LogP contribution in [0.1, 0.15) is 53.1 Å². The Morgan fingerprint density at radius 2 is 1.34 bits per heavy atom. The number of ketones is 1. The molecule has 7 nitrogen and oxygen atoms in total. The maximum absolute atomic E-state index is 12.2. The van der Waals surface area contributed by atoms with E-state index in [0.29, 0.717) is 11.1 Å². The molecule has 152 valence electrons. The van der Waals surface area contributed by atoms with Crippen molar-refractivity contribution in [2.75, 3.05) is 0 Å². The Kier molecular flexibility index (Phi) is 8.74. The summed E-state index contributed by atoms with van der Waals surface area (Å²) in [6.07, 6.45) is -1.18. The van der Waals surface area contributed by atoms with E-state index in [1.807, 2.05) is 0 Å². The van der Waals surface area contributed by atoms with Gasteiger partial charge in [0.1, 0.15) is 6.04 Å². The maximum Gasteiger partial charge on any atom is 0.268 e. The van der Waals surface area contributed by atoms with Gasteiger partial charge in [0.05, 0.1) is 6.10 Å². The summed E-state index contributed by atoms with van der Waals surface area (Å²) in [6, 6.07) is 12.0. The lowest BCUT2D eigenvalue weighted by molar-refractivity contribution is -0.133. The molecule has 4 N–H and O–H groups in total. The number of amides is 2. The van der Waals surface area contributed by atoms with Crippen LogP contribution < -0.4 is 10.8 Å². The molecule has 0 aliphatic heterocycles. The molecule has 0 aliphatic rings. The Labute approximate surface area is 169 Å². The van der Waals surface area contributed by atoms with E-state index in [4.69, 9.17) is 5.21 Å². The van der Waals surface area contributed by atoms with E-state index in [9.17, 15) is 19.5 Å². The number of rotatable bonds is 5. The van der Waals surface area contributed by atoms with Gasteiger partial charge in [0, 0.05) is 22.3 Å². The number of carbonyl (C=O) groups is 3. The van der Waals surface area contributed by atoms with Gasteiger partial charge < -0.3 is 10.4 Å². The number of carbonyl (C=O) groups excluding carboxylic acids is 3. The molecule has 2 aromatic carbocycles. The smallest absolute Gasteiger partial charge is 0.268 e. The van der Waals surface area contributed by atoms with Crippen molar-refractivity contribution < 1.29 is 24.7 Å². The van der Waals surface area contributed by atoms with E-state index in [1.54, 1.807) is 36.4 Å². The fourth-order valence-electron chi connectivity index (χ4n) is 2.34. The van der Waals surface area contributed by atoms with Gasteiger partial charge in [-0.3, -0.25) is 19.6 Å². The molecule has 0 saturated carbocycles. The third kappa shape index (κ3) is 6.57. The van der Waals surface area contributed by atoms with Crippen LogP contribution in [0.2, 0.25) is 0 Å². The molecule has 0 spiro atoms. The molecule has 2 atom stereocenters. The van der Waals surface area contributed by atoms with Crippen molar-refractivity contribution in [2.24, 2.45) is 0 Å². The molecule has 0 saturated heterocycles. The molecule has 2 amide bonds. The highest BCUT2D eigenvalue weighted by molar-refractivity contribution is 5.97. The minimum absolute atomic E-state index is 0. The predicted molar refractivity (Wildman–Crippen MR) is 108 cm³/mol. The predicted octanol–water partition coefficient (Wildman–Crippen LogP) is 1.91. The van der Waals surface area contributed by atoms with Crippen molar-refractivity contribution >= 4 is 17.6 Å². The Morgan fingerprint density at radius 3 is 1.72 bits per heavy atom. The second kappa shape index (κ2) is 10.8. The number of nitrogens with one attached hydrogen (secondary N) is 2. The van der Waals surface area contributed by atoms with E-state index in [1.165, 1.54) is 31.5 Å². The average Bonchev–Trinajstić information content (AvgIpc) is 2.70. The lowest BCUT2D eigenvalue weighted by atomic mass is 10.1. The van der Waals surface area contributed by atoms with E-state index in [-0.39, 0.29) is 18.8 Å². The minimum Gasteiger partial charge on any atom is -0.391 e. The zero-order chi connectivity index (χ0) is 20.7. The van der Waals surface area contributed by atoms with Gasteiger partial charge in [0.2, 0.25) is 0 Å². The van der Waals surface area contributed by atoms with Crippen LogP contribution in [0.3, 0.4) is 0 Å². The maximum atomic E-state index is 12.2. The van der Waals surface area contributed by atoms with Crippen LogP contribution in [0.25, 0.3) is 0 Å². The Balaban J connectivity index is 0.00000420. The van der Waals surface area contributed by atoms with Crippen molar-refractivity contribution in [3.63, 3.8) is 0 Å². The first-order valence-corrected chi connectivity index (χ1v) is 8.47. The first-order chi connectivity index (χ1) is 13.3. The van der Waals surface area contributed by atoms with Crippen LogP contribution >= 0.6 is 0 Å². The summed E-state index contributed by atoms with van der Waals surface area (Å²) in [5, 5.41) is 20.6. The van der Waals surface area contributed by atoms with Gasteiger partial charge in [0.25, 0.3) is 11.8 Å². The fraction of sp³-hybridized carbons (Fsp3) is 0.227. The van der Waals surface area contributed by atoms with Gasteiger partial charge in [-0.2, -0.15) is 0 Å². The molecule has 7 heteroatoms. The van der Waals surface area contributed by atoms with Gasteiger partial charge in [-0.15, -0.1) is 0 Å². The molecular weight excluding hydrogens is 372 g/mol. The number of Topliss-reactive ketones (excluding diaryl/α,β-unsaturated/α-hetero) is 1. The number of aliphatic hydroxyl groups is 1. The molecule has 0 fully saturated rings. The molecule has 2 aromatic rings. The van der Waals surface area contributed by atoms with E-state index >= 15 is 0 Å². The van der Waals surface area contributed by atoms with Gasteiger partial charge >= 0.3 is 0 Å². The lowest BCUT2D eigenvalue weighted by Crippen LogP contribution is -2.51. The zero-order valence-corrected chi connectivity index (χ0v) is 15.4. The number of hydroxylamine groups is 1. The first-order valence-electron chi connectivity index (χ1n) is 8.47. The Bertz CT molecular complexity index is 922. The molecule has 0 aromatic heterocycles. The first kappa shape index (κ1) is 23.6. The second-order valence-electron chi connectivity index (χ2n) is 6.13. The quantitative estimate of drug-likeness (QED) is 0.267. The average molecular weight is 396 g/mol. The summed E-state index contributed by atoms with van der Waals surface area (Å²) in [5.74, 6) is 4.43. The molecule has 0 bridgehead atoms. The Morgan fingerprint density at radius 1 is 0.897 bits per heavy atom. The molecule has 2 rings (SSSR count). The molecule has 0 heterocycles. The number of hydrogen-bond donors (Lipinski definition) is 4. The van der Waals surface area contributed by atoms with E-state index in [0.717, 1.165) is 5.56 Å². The largest absolute Gasteiger partial charge is 0.391 e. The van der Waals surface area contributed by atoms with Crippen LogP contribution in [-0.2, 0) is 4.79 Å². The topological polar surface area (TPSA) is 116 Å². The van der Waals surface area contributed by atoms with Crippen molar-refractivity contribution in [1.29, 1.82) is 0 Å². The Hall–Kier alpha value is -3.47. The summed E-state index contributed by atoms with van der Waals surface area (Å²) >= 11 is 0. The number of benzene rings is 2. The summed E-state index contributed by atoms with van der Waals surface area (Å²) in [7, 11) is 0. The molecular formula is C22H24N2O5. The van der Waals surface area contributed by atoms with Gasteiger partial charge in [-0.1, -0.05) is 31.4 Å². The van der Waals surface area contributed by atoms with Crippen LogP contribution in [-0.4, -0.2) is 40.1 Å². The van der Waals surface area contributed by atoms with Crippen molar-refractivity contribution in [3.05, 3.63) is 70.8 Å². The molecule has 29 heavy (non-hydrogen) atoms. The molecule has 0 unspecified atom stereocenters. The summed E-state index contributed by atoms with van der Waals surface area (Å²) in [6.45, 7) is 2.82. The number of hydrogen-bond acceptors (Lipinski definition) is 5. The van der Waals surface area contributed by atoms with Gasteiger partial charge in [-0.25, -0.2) is 5.48 Å². The van der Waals surface area contributed by atoms with Crippen LogP contribution in [0.15, 0.2) is 48.5 Å². The van der Waals surface area contributed by atoms with Crippen LogP contribution in [0.5, 0.6) is 0 Å². The summed E-state index contributed by atoms with van der Waals surface area (Å²) in [4.78, 5) is 35.0. The highest BCUT2D eigenvalue weighted by Crippen LogP contribution is 2.07. The lowest BCUT2D eigenvalue weighted by Gasteiger charge is -2.19.